The Morgan fingerprint density at radius 2 is 1.50 bits per heavy atom. The van der Waals surface area contributed by atoms with E-state index in [9.17, 15) is 43.2 Å². The Hall–Kier alpha value is -6.47. The highest BCUT2D eigenvalue weighted by Crippen LogP contribution is 2.42. The number of piperidine rings is 1. The summed E-state index contributed by atoms with van der Waals surface area (Å²) in [5, 5.41) is 11.9. The van der Waals surface area contributed by atoms with Gasteiger partial charge in [-0.05, 0) is 86.0 Å². The number of ether oxygens (including phenoxy) is 2. The first kappa shape index (κ1) is 60.8. The number of anilines is 1. The van der Waals surface area contributed by atoms with Crippen LogP contribution in [0.5, 0.6) is 0 Å². The van der Waals surface area contributed by atoms with Crippen LogP contribution in [0.2, 0.25) is 0 Å². The summed E-state index contributed by atoms with van der Waals surface area (Å²) < 4.78 is 12.2. The number of imide groups is 1. The summed E-state index contributed by atoms with van der Waals surface area (Å²) >= 11 is 0. The van der Waals surface area contributed by atoms with E-state index in [0.717, 1.165) is 30.4 Å². The van der Waals surface area contributed by atoms with Gasteiger partial charge in [0.1, 0.15) is 18.1 Å². The molecule has 0 unspecified atom stereocenters. The molecule has 19 heteroatoms. The van der Waals surface area contributed by atoms with Crippen molar-refractivity contribution >= 4 is 58.9 Å². The summed E-state index contributed by atoms with van der Waals surface area (Å²) in [5.41, 5.74) is 2.14. The standard InChI is InChI=1S/C59H84N8O11/c1-10-37(4)53(64(7)59(76)52(36(2)3)63-58(75)54-42-24-27-44(33-42)67(54)39(6)68)47(77-8)34-51(72)65-31-17-20-46(65)55(78-9)38(5)56(73)62-45(32-40-18-13-11-14-19-40)57(74)61-43-25-22-41(23-26-43)35-60-48(69)21-15-12-16-30-66-49(70)28-29-50(66)71/h11,13-14,18-19,22-23,25-26,28-29,36-38,42,44-47,52-55H,10,12,15-17,20-21,24,27,30-35H2,1-9H3,(H,60,69)(H,61,74)(H,62,73)(H,63,75)/t37-,38+,42-,44-,45-,46-,47+,52-,53-,54-,55+/m0/s1. The van der Waals surface area contributed by atoms with Crippen LogP contribution in [0.15, 0.2) is 66.7 Å². The predicted octanol–water partition coefficient (Wildman–Crippen LogP) is 4.91. The normalized spacial score (nSPS) is 21.4. The fourth-order valence-corrected chi connectivity index (χ4v) is 12.0. The van der Waals surface area contributed by atoms with Crippen molar-refractivity contribution in [1.82, 2.24) is 35.6 Å². The van der Waals surface area contributed by atoms with E-state index in [1.165, 1.54) is 38.2 Å². The lowest BCUT2D eigenvalue weighted by molar-refractivity contribution is -0.148. The molecule has 6 rings (SSSR count). The average molecular weight is 1080 g/mol. The number of benzene rings is 2. The molecule has 426 valence electrons. The maximum Gasteiger partial charge on any atom is 0.253 e. The molecule has 2 aromatic rings. The largest absolute Gasteiger partial charge is 0.379 e. The third-order valence-corrected chi connectivity index (χ3v) is 16.5. The summed E-state index contributed by atoms with van der Waals surface area (Å²) in [6, 6.07) is 13.0. The number of hydrogen-bond acceptors (Lipinski definition) is 11. The van der Waals surface area contributed by atoms with Crippen LogP contribution in [0.1, 0.15) is 123 Å². The zero-order valence-corrected chi connectivity index (χ0v) is 47.2. The van der Waals surface area contributed by atoms with Crippen molar-refractivity contribution in [2.45, 2.75) is 174 Å². The van der Waals surface area contributed by atoms with E-state index in [1.54, 1.807) is 52.9 Å². The van der Waals surface area contributed by atoms with Crippen LogP contribution in [0, 0.1) is 23.7 Å². The van der Waals surface area contributed by atoms with Crippen molar-refractivity contribution in [2.24, 2.45) is 23.7 Å². The minimum absolute atomic E-state index is 0.0393. The molecular formula is C59H84N8O11. The van der Waals surface area contributed by atoms with E-state index in [1.807, 2.05) is 58.0 Å². The number of likely N-dealkylation sites (tertiary alicyclic amines) is 2. The predicted molar refractivity (Wildman–Crippen MR) is 294 cm³/mol. The average Bonchev–Trinajstić information content (AvgIpc) is 4.38. The molecule has 0 spiro atoms. The lowest BCUT2D eigenvalue weighted by Crippen LogP contribution is -2.60. The van der Waals surface area contributed by atoms with Gasteiger partial charge < -0.3 is 45.4 Å². The van der Waals surface area contributed by atoms with Gasteiger partial charge in [0.2, 0.25) is 41.4 Å². The van der Waals surface area contributed by atoms with Crippen molar-refractivity contribution in [3.05, 3.63) is 77.9 Å². The quantitative estimate of drug-likeness (QED) is 0.0660. The third-order valence-electron chi connectivity index (χ3n) is 16.5. The number of amides is 9. The number of carbonyl (C=O) groups excluding carboxylic acids is 9. The van der Waals surface area contributed by atoms with Crippen LogP contribution in [-0.4, -0.2) is 156 Å². The zero-order valence-electron chi connectivity index (χ0n) is 47.2. The molecule has 3 aliphatic heterocycles. The minimum atomic E-state index is -0.982. The fraction of sp³-hybridized carbons (Fsp3) is 0.610. The van der Waals surface area contributed by atoms with E-state index in [-0.39, 0.29) is 84.5 Å². The number of nitrogens with zero attached hydrogens (tertiary/aromatic N) is 4. The third kappa shape index (κ3) is 15.2. The second kappa shape index (κ2) is 28.4. The SMILES string of the molecule is CC[C@H](C)[C@@H]([C@@H](CC(=O)N1CCC[C@H]1[C@H](OC)[C@@H](C)C(=O)N[C@@H](Cc1ccccc1)C(=O)Nc1ccc(CNC(=O)CCCCCN2C(=O)C=CC2=O)cc1)OC)N(C)C(=O)[C@@H](NC(=O)[C@@H]1[C@H]2CC[C@@H](C2)N1C(C)=O)C(C)C. The van der Waals surface area contributed by atoms with Crippen molar-refractivity contribution in [3.63, 3.8) is 0 Å². The molecule has 19 nitrogen and oxygen atoms in total. The molecule has 1 aliphatic carbocycles. The molecule has 0 radical (unpaired) electrons. The van der Waals surface area contributed by atoms with Crippen molar-refractivity contribution in [2.75, 3.05) is 39.7 Å². The number of unbranched alkanes of at least 4 members (excludes halogenated alkanes) is 2. The second-order valence-corrected chi connectivity index (χ2v) is 22.1. The number of methoxy groups -OCH3 is 2. The van der Waals surface area contributed by atoms with E-state index in [4.69, 9.17) is 9.47 Å². The number of nitrogens with one attached hydrogen (secondary N) is 4. The van der Waals surface area contributed by atoms with Gasteiger partial charge in [-0.1, -0.05) is 89.9 Å². The molecule has 0 aromatic heterocycles. The van der Waals surface area contributed by atoms with E-state index in [0.29, 0.717) is 63.7 Å². The maximum atomic E-state index is 14.6. The second-order valence-electron chi connectivity index (χ2n) is 22.1. The Bertz CT molecular complexity index is 2450. The molecule has 2 saturated heterocycles. The van der Waals surface area contributed by atoms with Crippen LogP contribution < -0.4 is 21.3 Å². The van der Waals surface area contributed by atoms with Gasteiger partial charge in [0.15, 0.2) is 0 Å². The van der Waals surface area contributed by atoms with Crippen molar-refractivity contribution in [1.29, 1.82) is 0 Å². The molecule has 78 heavy (non-hydrogen) atoms. The first-order valence-corrected chi connectivity index (χ1v) is 28.0. The van der Waals surface area contributed by atoms with Gasteiger partial charge in [-0.15, -0.1) is 0 Å². The van der Waals surface area contributed by atoms with Crippen LogP contribution >= 0.6 is 0 Å². The highest BCUT2D eigenvalue weighted by atomic mass is 16.5. The van der Waals surface area contributed by atoms with Gasteiger partial charge in [0.05, 0.1) is 36.6 Å². The topological polar surface area (TPSA) is 233 Å². The molecule has 2 bridgehead atoms. The number of likely N-dealkylation sites (N-methyl/N-ethyl adjacent to an activating group) is 1. The van der Waals surface area contributed by atoms with Gasteiger partial charge >= 0.3 is 0 Å². The first-order valence-electron chi connectivity index (χ1n) is 28.0. The maximum absolute atomic E-state index is 14.6. The van der Waals surface area contributed by atoms with Crippen LogP contribution in [0.4, 0.5) is 5.69 Å². The lowest BCUT2D eigenvalue weighted by Gasteiger charge is -2.41. The van der Waals surface area contributed by atoms with Gasteiger partial charge in [-0.2, -0.15) is 0 Å². The zero-order chi connectivity index (χ0) is 56.8. The molecule has 3 fully saturated rings. The lowest BCUT2D eigenvalue weighted by atomic mass is 9.89. The Morgan fingerprint density at radius 1 is 0.808 bits per heavy atom. The highest BCUT2D eigenvalue weighted by molar-refractivity contribution is 6.12. The van der Waals surface area contributed by atoms with E-state index in [2.05, 4.69) is 21.3 Å². The Kier molecular flexibility index (Phi) is 22.1. The molecular weight excluding hydrogens is 997 g/mol. The molecule has 4 aliphatic rings. The number of rotatable bonds is 28. The Balaban J connectivity index is 1.05. The summed E-state index contributed by atoms with van der Waals surface area (Å²) in [5.74, 6) is -3.71. The van der Waals surface area contributed by atoms with Gasteiger partial charge in [0, 0.05) is 84.5 Å². The molecule has 11 atom stereocenters. The molecule has 4 N–H and O–H groups in total. The first-order chi connectivity index (χ1) is 37.3. The summed E-state index contributed by atoms with van der Waals surface area (Å²) in [6.45, 7) is 12.0. The van der Waals surface area contributed by atoms with Crippen LogP contribution in [0.3, 0.4) is 0 Å². The number of fused-ring (bicyclic) bond motifs is 2. The Morgan fingerprint density at radius 3 is 2.13 bits per heavy atom. The minimum Gasteiger partial charge on any atom is -0.379 e. The molecule has 3 heterocycles. The highest BCUT2D eigenvalue weighted by Gasteiger charge is 2.51. The Labute approximate surface area is 460 Å². The van der Waals surface area contributed by atoms with Crippen LogP contribution in [-0.2, 0) is 65.6 Å². The fourth-order valence-electron chi connectivity index (χ4n) is 12.0. The van der Waals surface area contributed by atoms with Crippen molar-refractivity contribution < 1.29 is 52.6 Å². The van der Waals surface area contributed by atoms with Crippen LogP contribution in [0.25, 0.3) is 0 Å². The van der Waals surface area contributed by atoms with Crippen molar-refractivity contribution in [3.8, 4) is 0 Å². The van der Waals surface area contributed by atoms with E-state index >= 15 is 0 Å². The summed E-state index contributed by atoms with van der Waals surface area (Å²) in [7, 11) is 4.74. The smallest absolute Gasteiger partial charge is 0.253 e. The molecule has 2 aromatic carbocycles. The summed E-state index contributed by atoms with van der Waals surface area (Å²) in [4.78, 5) is 126. The number of carbonyl (C=O) groups is 9. The molecule has 9 amide bonds. The van der Waals surface area contributed by atoms with E-state index < -0.39 is 60.1 Å². The molecule has 1 saturated carbocycles. The van der Waals surface area contributed by atoms with Gasteiger partial charge in [-0.25, -0.2) is 0 Å². The monoisotopic (exact) mass is 1080 g/mol. The number of hydrogen-bond donors (Lipinski definition) is 4. The summed E-state index contributed by atoms with van der Waals surface area (Å²) in [6.07, 6.45) is 7.86. The van der Waals surface area contributed by atoms with Gasteiger partial charge in [-0.3, -0.25) is 48.1 Å². The van der Waals surface area contributed by atoms with Gasteiger partial charge in [0.25, 0.3) is 11.8 Å².